The van der Waals surface area contributed by atoms with Gasteiger partial charge in [0.15, 0.2) is 11.5 Å². The van der Waals surface area contributed by atoms with Crippen molar-refractivity contribution in [3.05, 3.63) is 53.1 Å². The van der Waals surface area contributed by atoms with Crippen molar-refractivity contribution in [2.75, 3.05) is 18.5 Å². The number of ether oxygens (including phenoxy) is 2. The van der Waals surface area contributed by atoms with Crippen LogP contribution in [0.5, 0.6) is 11.5 Å². The van der Waals surface area contributed by atoms with E-state index in [1.807, 2.05) is 25.1 Å². The average Bonchev–Trinajstić information content (AvgIpc) is 2.56. The molecule has 0 aliphatic carbocycles. The third-order valence-electron chi connectivity index (χ3n) is 3.75. The van der Waals surface area contributed by atoms with Gasteiger partial charge in [-0.3, -0.25) is 4.79 Å². The van der Waals surface area contributed by atoms with Gasteiger partial charge in [-0.2, -0.15) is 0 Å². The summed E-state index contributed by atoms with van der Waals surface area (Å²) < 4.78 is 11.1. The fraction of sp³-hybridized carbons (Fsp3) is 0.278. The van der Waals surface area contributed by atoms with Crippen LogP contribution in [0, 0.1) is 0 Å². The summed E-state index contributed by atoms with van der Waals surface area (Å²) >= 11 is 5.84. The lowest BCUT2D eigenvalue weighted by Gasteiger charge is -2.20. The molecule has 120 valence electrons. The van der Waals surface area contributed by atoms with Gasteiger partial charge in [0.2, 0.25) is 5.91 Å². The predicted molar refractivity (Wildman–Crippen MR) is 90.5 cm³/mol. The first-order valence-corrected chi connectivity index (χ1v) is 7.94. The molecule has 2 aromatic rings. The van der Waals surface area contributed by atoms with Crippen LogP contribution in [0.1, 0.15) is 24.8 Å². The second-order valence-corrected chi connectivity index (χ2v) is 6.00. The number of rotatable bonds is 4. The smallest absolute Gasteiger partial charge is 0.224 e. The zero-order valence-corrected chi connectivity index (χ0v) is 13.6. The molecule has 2 aromatic carbocycles. The second-order valence-electron chi connectivity index (χ2n) is 5.56. The molecule has 1 N–H and O–H groups in total. The molecule has 3 rings (SSSR count). The lowest BCUT2D eigenvalue weighted by Crippen LogP contribution is -2.16. The van der Waals surface area contributed by atoms with Gasteiger partial charge in [0.25, 0.3) is 0 Å². The molecule has 23 heavy (non-hydrogen) atoms. The highest BCUT2D eigenvalue weighted by Gasteiger charge is 2.16. The van der Waals surface area contributed by atoms with E-state index in [0.29, 0.717) is 24.7 Å². The molecule has 0 aromatic heterocycles. The van der Waals surface area contributed by atoms with Crippen LogP contribution in [0.25, 0.3) is 0 Å². The van der Waals surface area contributed by atoms with Gasteiger partial charge in [-0.25, -0.2) is 0 Å². The van der Waals surface area contributed by atoms with Crippen LogP contribution in [0.4, 0.5) is 5.69 Å². The van der Waals surface area contributed by atoms with Crippen molar-refractivity contribution in [2.24, 2.45) is 0 Å². The normalized spacial score (nSPS) is 14.2. The standard InChI is InChI=1S/C18H18ClNO3/c1-12(10-18(21)20-15-5-3-14(19)4-6-15)13-2-7-16-17(11-13)23-9-8-22-16/h2-7,11-12H,8-10H2,1H3,(H,20,21). The van der Waals surface area contributed by atoms with Crippen molar-refractivity contribution >= 4 is 23.2 Å². The Labute approximate surface area is 140 Å². The molecule has 4 nitrogen and oxygen atoms in total. The maximum Gasteiger partial charge on any atom is 0.224 e. The second kappa shape index (κ2) is 6.92. The highest BCUT2D eigenvalue weighted by atomic mass is 35.5. The van der Waals surface area contributed by atoms with E-state index in [9.17, 15) is 4.79 Å². The zero-order chi connectivity index (χ0) is 16.2. The summed E-state index contributed by atoms with van der Waals surface area (Å²) in [5.41, 5.74) is 1.80. The number of hydrogen-bond donors (Lipinski definition) is 1. The van der Waals surface area contributed by atoms with Crippen LogP contribution in [0.2, 0.25) is 5.02 Å². The molecule has 1 aliphatic heterocycles. The molecular weight excluding hydrogens is 314 g/mol. The maximum atomic E-state index is 12.2. The average molecular weight is 332 g/mol. The predicted octanol–water partition coefficient (Wildman–Crippen LogP) is 4.24. The Morgan fingerprint density at radius 3 is 2.57 bits per heavy atom. The Bertz CT molecular complexity index is 700. The van der Waals surface area contributed by atoms with Crippen LogP contribution in [0.15, 0.2) is 42.5 Å². The third-order valence-corrected chi connectivity index (χ3v) is 4.01. The van der Waals surface area contributed by atoms with E-state index in [-0.39, 0.29) is 11.8 Å². The number of carbonyl (C=O) groups is 1. The first kappa shape index (κ1) is 15.7. The highest BCUT2D eigenvalue weighted by Crippen LogP contribution is 2.33. The van der Waals surface area contributed by atoms with Gasteiger partial charge in [0.1, 0.15) is 13.2 Å². The number of halogens is 1. The molecule has 0 fully saturated rings. The number of benzene rings is 2. The lowest BCUT2D eigenvalue weighted by atomic mass is 9.97. The number of amides is 1. The van der Waals surface area contributed by atoms with E-state index in [0.717, 1.165) is 22.7 Å². The molecule has 0 saturated heterocycles. The van der Waals surface area contributed by atoms with Crippen molar-refractivity contribution in [1.82, 2.24) is 0 Å². The van der Waals surface area contributed by atoms with Crippen molar-refractivity contribution in [3.8, 4) is 11.5 Å². The van der Waals surface area contributed by atoms with E-state index in [4.69, 9.17) is 21.1 Å². The van der Waals surface area contributed by atoms with Gasteiger partial charge in [0.05, 0.1) is 0 Å². The van der Waals surface area contributed by atoms with Crippen LogP contribution in [-0.4, -0.2) is 19.1 Å². The van der Waals surface area contributed by atoms with Gasteiger partial charge in [-0.1, -0.05) is 24.6 Å². The summed E-state index contributed by atoms with van der Waals surface area (Å²) in [6.45, 7) is 3.15. The minimum absolute atomic E-state index is 0.0327. The topological polar surface area (TPSA) is 47.6 Å². The van der Waals surface area contributed by atoms with Gasteiger partial charge in [-0.15, -0.1) is 0 Å². The molecule has 1 aliphatic rings. The fourth-order valence-electron chi connectivity index (χ4n) is 2.51. The molecule has 1 amide bonds. The summed E-state index contributed by atoms with van der Waals surface area (Å²) in [5.74, 6) is 1.56. The van der Waals surface area contributed by atoms with Crippen molar-refractivity contribution in [1.29, 1.82) is 0 Å². The summed E-state index contributed by atoms with van der Waals surface area (Å²) in [4.78, 5) is 12.2. The van der Waals surface area contributed by atoms with Crippen molar-refractivity contribution < 1.29 is 14.3 Å². The van der Waals surface area contributed by atoms with Crippen molar-refractivity contribution in [2.45, 2.75) is 19.3 Å². The zero-order valence-electron chi connectivity index (χ0n) is 12.8. The lowest BCUT2D eigenvalue weighted by molar-refractivity contribution is -0.116. The Hall–Kier alpha value is -2.20. The molecular formula is C18H18ClNO3. The summed E-state index contributed by atoms with van der Waals surface area (Å²) in [6, 6.07) is 12.9. The van der Waals surface area contributed by atoms with Gasteiger partial charge >= 0.3 is 0 Å². The molecule has 0 bridgehead atoms. The molecule has 0 radical (unpaired) electrons. The Balaban J connectivity index is 1.63. The molecule has 0 spiro atoms. The van der Waals surface area contributed by atoms with E-state index in [1.165, 1.54) is 0 Å². The number of carbonyl (C=O) groups excluding carboxylic acids is 1. The first-order chi connectivity index (χ1) is 11.1. The fourth-order valence-corrected chi connectivity index (χ4v) is 2.63. The first-order valence-electron chi connectivity index (χ1n) is 7.57. The minimum atomic E-state index is -0.0327. The number of nitrogens with one attached hydrogen (secondary N) is 1. The van der Waals surface area contributed by atoms with Gasteiger partial charge in [-0.05, 0) is 47.9 Å². The number of anilines is 1. The quantitative estimate of drug-likeness (QED) is 0.911. The maximum absolute atomic E-state index is 12.2. The largest absolute Gasteiger partial charge is 0.486 e. The van der Waals surface area contributed by atoms with Gasteiger partial charge in [0, 0.05) is 17.1 Å². The number of fused-ring (bicyclic) bond motifs is 1. The van der Waals surface area contributed by atoms with E-state index in [1.54, 1.807) is 24.3 Å². The summed E-state index contributed by atoms with van der Waals surface area (Å²) in [6.07, 6.45) is 0.391. The van der Waals surface area contributed by atoms with Crippen molar-refractivity contribution in [3.63, 3.8) is 0 Å². The monoisotopic (exact) mass is 331 g/mol. The Morgan fingerprint density at radius 2 is 1.83 bits per heavy atom. The summed E-state index contributed by atoms with van der Waals surface area (Å²) in [5, 5.41) is 3.52. The molecule has 5 heteroatoms. The summed E-state index contributed by atoms with van der Waals surface area (Å²) in [7, 11) is 0. The van der Waals surface area contributed by atoms with Crippen LogP contribution in [0.3, 0.4) is 0 Å². The van der Waals surface area contributed by atoms with Gasteiger partial charge < -0.3 is 14.8 Å². The minimum Gasteiger partial charge on any atom is -0.486 e. The Kier molecular flexibility index (Phi) is 4.72. The number of hydrogen-bond acceptors (Lipinski definition) is 3. The van der Waals surface area contributed by atoms with E-state index in [2.05, 4.69) is 5.32 Å². The highest BCUT2D eigenvalue weighted by molar-refractivity contribution is 6.30. The van der Waals surface area contributed by atoms with E-state index < -0.39 is 0 Å². The van der Waals surface area contributed by atoms with Crippen LogP contribution < -0.4 is 14.8 Å². The Morgan fingerprint density at radius 1 is 1.13 bits per heavy atom. The molecule has 1 atom stereocenters. The van der Waals surface area contributed by atoms with E-state index >= 15 is 0 Å². The third kappa shape index (κ3) is 3.96. The van der Waals surface area contributed by atoms with Crippen LogP contribution in [-0.2, 0) is 4.79 Å². The molecule has 0 saturated carbocycles. The van der Waals surface area contributed by atoms with Crippen LogP contribution >= 0.6 is 11.6 Å². The molecule has 1 heterocycles. The SMILES string of the molecule is CC(CC(=O)Nc1ccc(Cl)cc1)c1ccc2c(c1)OCCO2. The molecule has 1 unspecified atom stereocenters.